The minimum absolute atomic E-state index is 0. The Morgan fingerprint density at radius 3 is 2.22 bits per heavy atom. The standard InChI is InChI=1S/C24H31NS.ClH/c1-17-4-6-18(7-5-17)16-25-9-8-24(23-3-2-10-26-23)21-12-19-11-20(14-21)15-22(24)13-19;/h2-7,10,19-22,25H,8-9,11-16H2,1H3;1H. The van der Waals surface area contributed by atoms with Crippen molar-refractivity contribution in [1.82, 2.24) is 5.32 Å². The van der Waals surface area contributed by atoms with Gasteiger partial charge >= 0.3 is 0 Å². The van der Waals surface area contributed by atoms with Crippen LogP contribution in [0.5, 0.6) is 0 Å². The van der Waals surface area contributed by atoms with Crippen LogP contribution >= 0.6 is 23.7 Å². The van der Waals surface area contributed by atoms with E-state index in [0.717, 1.165) is 36.8 Å². The Balaban J connectivity index is 0.00000180. The monoisotopic (exact) mass is 401 g/mol. The summed E-state index contributed by atoms with van der Waals surface area (Å²) in [5.41, 5.74) is 3.23. The average Bonchev–Trinajstić information content (AvgIpc) is 3.17. The minimum Gasteiger partial charge on any atom is -0.313 e. The topological polar surface area (TPSA) is 12.0 Å². The molecule has 6 rings (SSSR count). The van der Waals surface area contributed by atoms with E-state index in [4.69, 9.17) is 0 Å². The lowest BCUT2D eigenvalue weighted by Gasteiger charge is -2.61. The van der Waals surface area contributed by atoms with Crippen molar-refractivity contribution in [3.8, 4) is 0 Å². The quantitative estimate of drug-likeness (QED) is 0.556. The molecule has 27 heavy (non-hydrogen) atoms. The van der Waals surface area contributed by atoms with Crippen LogP contribution in [0.3, 0.4) is 0 Å². The molecule has 0 aliphatic heterocycles. The van der Waals surface area contributed by atoms with Gasteiger partial charge in [-0.3, -0.25) is 0 Å². The predicted molar refractivity (Wildman–Crippen MR) is 118 cm³/mol. The van der Waals surface area contributed by atoms with Gasteiger partial charge in [-0.1, -0.05) is 35.9 Å². The van der Waals surface area contributed by atoms with Crippen LogP contribution < -0.4 is 5.32 Å². The lowest BCUT2D eigenvalue weighted by atomic mass is 9.44. The molecule has 1 heterocycles. The van der Waals surface area contributed by atoms with Crippen LogP contribution in [-0.4, -0.2) is 6.54 Å². The summed E-state index contributed by atoms with van der Waals surface area (Å²) in [6.45, 7) is 4.31. The van der Waals surface area contributed by atoms with Crippen LogP contribution in [0.4, 0.5) is 0 Å². The summed E-state index contributed by atoms with van der Waals surface area (Å²) in [5, 5.41) is 6.08. The van der Waals surface area contributed by atoms with Crippen molar-refractivity contribution in [3.05, 3.63) is 57.8 Å². The molecule has 4 bridgehead atoms. The second kappa shape index (κ2) is 7.89. The van der Waals surface area contributed by atoms with Crippen LogP contribution in [0.2, 0.25) is 0 Å². The van der Waals surface area contributed by atoms with Crippen LogP contribution in [0.1, 0.15) is 54.5 Å². The molecular formula is C24H32ClNS. The van der Waals surface area contributed by atoms with Gasteiger partial charge in [0.2, 0.25) is 0 Å². The van der Waals surface area contributed by atoms with Crippen molar-refractivity contribution >= 4 is 23.7 Å². The zero-order chi connectivity index (χ0) is 17.6. The first-order valence-corrected chi connectivity index (χ1v) is 11.4. The van der Waals surface area contributed by atoms with Crippen molar-refractivity contribution in [2.24, 2.45) is 23.7 Å². The lowest BCUT2D eigenvalue weighted by molar-refractivity contribution is -0.0630. The van der Waals surface area contributed by atoms with Crippen molar-refractivity contribution < 1.29 is 0 Å². The molecule has 0 atom stereocenters. The Bertz CT molecular complexity index is 708. The van der Waals surface area contributed by atoms with Gasteiger partial charge in [-0.2, -0.15) is 0 Å². The molecule has 0 unspecified atom stereocenters. The summed E-state index contributed by atoms with van der Waals surface area (Å²) in [4.78, 5) is 1.70. The van der Waals surface area contributed by atoms with Gasteiger partial charge in [0, 0.05) is 16.8 Å². The second-order valence-electron chi connectivity index (χ2n) is 9.23. The molecule has 0 radical (unpaired) electrons. The number of halogens is 1. The normalized spacial score (nSPS) is 33.8. The van der Waals surface area contributed by atoms with Crippen molar-refractivity contribution in [2.45, 2.75) is 57.4 Å². The van der Waals surface area contributed by atoms with Gasteiger partial charge in [-0.25, -0.2) is 0 Å². The highest BCUT2D eigenvalue weighted by Crippen LogP contribution is 2.64. The number of hydrogen-bond donors (Lipinski definition) is 1. The smallest absolute Gasteiger partial charge is 0.0205 e. The molecule has 4 saturated carbocycles. The summed E-state index contributed by atoms with van der Waals surface area (Å²) >= 11 is 2.03. The van der Waals surface area contributed by atoms with Crippen molar-refractivity contribution in [1.29, 1.82) is 0 Å². The van der Waals surface area contributed by atoms with Crippen LogP contribution in [0, 0.1) is 30.6 Å². The second-order valence-corrected chi connectivity index (χ2v) is 10.2. The number of aryl methyl sites for hydroxylation is 1. The van der Waals surface area contributed by atoms with E-state index in [1.807, 2.05) is 11.3 Å². The highest BCUT2D eigenvalue weighted by molar-refractivity contribution is 7.10. The van der Waals surface area contributed by atoms with E-state index in [0.29, 0.717) is 5.41 Å². The van der Waals surface area contributed by atoms with Gasteiger partial charge in [-0.15, -0.1) is 23.7 Å². The number of thiophene rings is 1. The van der Waals surface area contributed by atoms with E-state index < -0.39 is 0 Å². The van der Waals surface area contributed by atoms with Crippen LogP contribution in [-0.2, 0) is 12.0 Å². The molecule has 0 saturated heterocycles. The Hall–Kier alpha value is -0.830. The first-order valence-electron chi connectivity index (χ1n) is 10.5. The van der Waals surface area contributed by atoms with Gasteiger partial charge in [0.1, 0.15) is 0 Å². The SMILES string of the molecule is Cc1ccc(CNCCC2(c3cccs3)C3CC4CC(C3)CC2C4)cc1.Cl. The van der Waals surface area contributed by atoms with Crippen molar-refractivity contribution in [2.75, 3.05) is 6.54 Å². The zero-order valence-corrected chi connectivity index (χ0v) is 18.0. The third-order valence-electron chi connectivity index (χ3n) is 7.74. The molecule has 0 spiro atoms. The molecule has 0 amide bonds. The Morgan fingerprint density at radius 1 is 0.963 bits per heavy atom. The molecule has 3 heteroatoms. The van der Waals surface area contributed by atoms with E-state index >= 15 is 0 Å². The predicted octanol–water partition coefficient (Wildman–Crippen LogP) is 6.35. The summed E-state index contributed by atoms with van der Waals surface area (Å²) in [6.07, 6.45) is 8.88. The largest absolute Gasteiger partial charge is 0.313 e. The highest BCUT2D eigenvalue weighted by Gasteiger charge is 2.57. The molecule has 4 aliphatic carbocycles. The van der Waals surface area contributed by atoms with Gasteiger partial charge in [0.15, 0.2) is 0 Å². The molecule has 1 aromatic carbocycles. The molecule has 4 fully saturated rings. The van der Waals surface area contributed by atoms with Gasteiger partial charge < -0.3 is 5.32 Å². The fraction of sp³-hybridized carbons (Fsp3) is 0.583. The van der Waals surface area contributed by atoms with E-state index in [9.17, 15) is 0 Å². The van der Waals surface area contributed by atoms with Gasteiger partial charge in [0.25, 0.3) is 0 Å². The summed E-state index contributed by atoms with van der Waals surface area (Å²) in [7, 11) is 0. The van der Waals surface area contributed by atoms with Crippen LogP contribution in [0.15, 0.2) is 41.8 Å². The first-order chi connectivity index (χ1) is 12.7. The minimum atomic E-state index is 0. The fourth-order valence-electron chi connectivity index (χ4n) is 6.74. The van der Waals surface area contributed by atoms with Gasteiger partial charge in [0.05, 0.1) is 0 Å². The summed E-state index contributed by atoms with van der Waals surface area (Å²) in [5.74, 6) is 3.98. The molecule has 4 aliphatic rings. The van der Waals surface area contributed by atoms with Crippen molar-refractivity contribution in [3.63, 3.8) is 0 Å². The van der Waals surface area contributed by atoms with E-state index in [1.165, 1.54) is 43.2 Å². The van der Waals surface area contributed by atoms with Crippen LogP contribution in [0.25, 0.3) is 0 Å². The molecule has 146 valence electrons. The Morgan fingerprint density at radius 2 is 1.63 bits per heavy atom. The zero-order valence-electron chi connectivity index (χ0n) is 16.3. The van der Waals surface area contributed by atoms with E-state index in [-0.39, 0.29) is 12.4 Å². The number of rotatable bonds is 6. The maximum Gasteiger partial charge on any atom is 0.0205 e. The molecule has 1 N–H and O–H groups in total. The average molecular weight is 402 g/mol. The maximum absolute atomic E-state index is 3.77. The third kappa shape index (κ3) is 3.50. The lowest BCUT2D eigenvalue weighted by Crippen LogP contribution is -2.56. The maximum atomic E-state index is 3.77. The fourth-order valence-corrected chi connectivity index (χ4v) is 7.85. The molecule has 2 aromatic rings. The first kappa shape index (κ1) is 19.5. The van der Waals surface area contributed by atoms with E-state index in [2.05, 4.69) is 54.0 Å². The third-order valence-corrected chi connectivity index (χ3v) is 8.80. The van der Waals surface area contributed by atoms with Gasteiger partial charge in [-0.05, 0) is 92.7 Å². The Kier molecular flexibility index (Phi) is 5.69. The highest BCUT2D eigenvalue weighted by atomic mass is 35.5. The summed E-state index contributed by atoms with van der Waals surface area (Å²) < 4.78 is 0. The Labute approximate surface area is 174 Å². The molecular weight excluding hydrogens is 370 g/mol. The number of nitrogens with one attached hydrogen (secondary N) is 1. The summed E-state index contributed by atoms with van der Waals surface area (Å²) in [6, 6.07) is 13.7. The molecule has 1 aromatic heterocycles. The molecule has 1 nitrogen and oxygen atoms in total. The van der Waals surface area contributed by atoms with E-state index in [1.54, 1.807) is 11.3 Å². The number of benzene rings is 1. The number of hydrogen-bond acceptors (Lipinski definition) is 2.